The molecule has 0 heterocycles. The zero-order valence-electron chi connectivity index (χ0n) is 16.0. The number of rotatable bonds is 7. The van der Waals surface area contributed by atoms with Crippen molar-refractivity contribution in [1.82, 2.24) is 5.32 Å². The molecule has 0 saturated heterocycles. The number of carbonyl (C=O) groups excluding carboxylic acids is 2. The van der Waals surface area contributed by atoms with Crippen molar-refractivity contribution in [3.05, 3.63) is 53.6 Å². The molecule has 0 unspecified atom stereocenters. The Morgan fingerprint density at radius 2 is 1.54 bits per heavy atom. The van der Waals surface area contributed by atoms with Gasteiger partial charge in [0, 0.05) is 23.4 Å². The quantitative estimate of drug-likeness (QED) is 0.758. The smallest absolute Gasteiger partial charge is 0.252 e. The molecule has 0 aliphatic carbocycles. The van der Waals surface area contributed by atoms with Crippen molar-refractivity contribution in [2.24, 2.45) is 5.92 Å². The Morgan fingerprint density at radius 3 is 2.04 bits per heavy atom. The molecule has 6 nitrogen and oxygen atoms in total. The van der Waals surface area contributed by atoms with Crippen LogP contribution in [0.5, 0.6) is 11.5 Å². The van der Waals surface area contributed by atoms with E-state index >= 15 is 0 Å². The van der Waals surface area contributed by atoms with Crippen LogP contribution in [0.15, 0.2) is 36.4 Å². The average Bonchev–Trinajstić information content (AvgIpc) is 2.67. The van der Waals surface area contributed by atoms with Gasteiger partial charge < -0.3 is 20.1 Å². The molecule has 8 heteroatoms. The summed E-state index contributed by atoms with van der Waals surface area (Å²) in [6, 6.07) is 6.77. The van der Waals surface area contributed by atoms with Gasteiger partial charge >= 0.3 is 0 Å². The maximum atomic E-state index is 13.3. The fourth-order valence-corrected chi connectivity index (χ4v) is 2.49. The van der Waals surface area contributed by atoms with Crippen molar-refractivity contribution < 1.29 is 27.8 Å². The van der Waals surface area contributed by atoms with E-state index in [1.807, 2.05) is 0 Å². The highest BCUT2D eigenvalue weighted by Crippen LogP contribution is 2.23. The third-order valence-electron chi connectivity index (χ3n) is 4.04. The summed E-state index contributed by atoms with van der Waals surface area (Å²) in [6.07, 6.45) is 0. The first kappa shape index (κ1) is 21.1. The van der Waals surface area contributed by atoms with Crippen molar-refractivity contribution in [3.63, 3.8) is 0 Å². The standard InChI is InChI=1S/C20H22F2N2O4/c1-11(2)18(20(26)23-13-5-6-16(21)17(22)9-13)24-19(25)12-7-14(27-3)10-15(8-12)28-4/h5-11,18H,1-4H3,(H,23,26)(H,24,25)/t18-/m1/s1. The predicted molar refractivity (Wildman–Crippen MR) is 101 cm³/mol. The van der Waals surface area contributed by atoms with Crippen LogP contribution in [0.3, 0.4) is 0 Å². The largest absolute Gasteiger partial charge is 0.497 e. The number of halogens is 2. The molecule has 2 aromatic carbocycles. The molecule has 2 amide bonds. The van der Waals surface area contributed by atoms with Gasteiger partial charge in [0.25, 0.3) is 5.91 Å². The summed E-state index contributed by atoms with van der Waals surface area (Å²) in [5.74, 6) is -2.55. The van der Waals surface area contributed by atoms with E-state index in [2.05, 4.69) is 10.6 Å². The summed E-state index contributed by atoms with van der Waals surface area (Å²) in [4.78, 5) is 25.2. The van der Waals surface area contributed by atoms with Gasteiger partial charge in [-0.3, -0.25) is 9.59 Å². The molecule has 0 aromatic heterocycles. The molecule has 1 atom stereocenters. The van der Waals surface area contributed by atoms with Crippen molar-refractivity contribution in [3.8, 4) is 11.5 Å². The van der Waals surface area contributed by atoms with Crippen molar-refractivity contribution >= 4 is 17.5 Å². The van der Waals surface area contributed by atoms with Gasteiger partial charge in [-0.05, 0) is 30.2 Å². The second-order valence-corrected chi connectivity index (χ2v) is 6.41. The van der Waals surface area contributed by atoms with Gasteiger partial charge in [-0.15, -0.1) is 0 Å². The van der Waals surface area contributed by atoms with E-state index in [0.29, 0.717) is 11.5 Å². The SMILES string of the molecule is COc1cc(OC)cc(C(=O)N[C@@H](C(=O)Nc2ccc(F)c(F)c2)C(C)C)c1. The molecule has 0 saturated carbocycles. The minimum absolute atomic E-state index is 0.0897. The van der Waals surface area contributed by atoms with Crippen LogP contribution in [0.25, 0.3) is 0 Å². The third kappa shape index (κ3) is 5.18. The van der Waals surface area contributed by atoms with Gasteiger partial charge in [-0.1, -0.05) is 13.8 Å². The van der Waals surface area contributed by atoms with Crippen LogP contribution in [0.1, 0.15) is 24.2 Å². The Morgan fingerprint density at radius 1 is 0.929 bits per heavy atom. The monoisotopic (exact) mass is 392 g/mol. The maximum absolute atomic E-state index is 13.3. The number of carbonyl (C=O) groups is 2. The highest BCUT2D eigenvalue weighted by molar-refractivity contribution is 6.01. The second-order valence-electron chi connectivity index (χ2n) is 6.41. The highest BCUT2D eigenvalue weighted by atomic mass is 19.2. The van der Waals surface area contributed by atoms with E-state index in [1.165, 1.54) is 32.4 Å². The van der Waals surface area contributed by atoms with E-state index < -0.39 is 29.5 Å². The number of ether oxygens (including phenoxy) is 2. The molecule has 0 fully saturated rings. The van der Waals surface area contributed by atoms with Gasteiger partial charge in [0.15, 0.2) is 11.6 Å². The van der Waals surface area contributed by atoms with Gasteiger partial charge in [0.05, 0.1) is 14.2 Å². The van der Waals surface area contributed by atoms with Crippen LogP contribution in [-0.4, -0.2) is 32.1 Å². The molecule has 0 aliphatic rings. The summed E-state index contributed by atoms with van der Waals surface area (Å²) in [7, 11) is 2.92. The first-order valence-corrected chi connectivity index (χ1v) is 8.55. The molecule has 0 spiro atoms. The fourth-order valence-electron chi connectivity index (χ4n) is 2.49. The van der Waals surface area contributed by atoms with Gasteiger partial charge in [-0.2, -0.15) is 0 Å². The summed E-state index contributed by atoms with van der Waals surface area (Å²) < 4.78 is 36.7. The average molecular weight is 392 g/mol. The number of anilines is 1. The van der Waals surface area contributed by atoms with Crippen LogP contribution in [0.4, 0.5) is 14.5 Å². The van der Waals surface area contributed by atoms with Crippen molar-refractivity contribution in [1.29, 1.82) is 0 Å². The minimum Gasteiger partial charge on any atom is -0.497 e. The van der Waals surface area contributed by atoms with E-state index in [1.54, 1.807) is 19.9 Å². The Bertz CT molecular complexity index is 849. The van der Waals surface area contributed by atoms with Crippen LogP contribution in [0, 0.1) is 17.6 Å². The van der Waals surface area contributed by atoms with E-state index in [-0.39, 0.29) is 17.2 Å². The Hall–Kier alpha value is -3.16. The summed E-state index contributed by atoms with van der Waals surface area (Å²) >= 11 is 0. The molecule has 2 aromatic rings. The number of hydrogen-bond acceptors (Lipinski definition) is 4. The normalized spacial score (nSPS) is 11.7. The third-order valence-corrected chi connectivity index (χ3v) is 4.04. The number of hydrogen-bond donors (Lipinski definition) is 2. The molecule has 0 radical (unpaired) electrons. The molecule has 0 bridgehead atoms. The maximum Gasteiger partial charge on any atom is 0.252 e. The topological polar surface area (TPSA) is 76.7 Å². The minimum atomic E-state index is -1.08. The summed E-state index contributed by atoms with van der Waals surface area (Å²) in [5.41, 5.74) is 0.342. The molecule has 0 aliphatic heterocycles. The summed E-state index contributed by atoms with van der Waals surface area (Å²) in [6.45, 7) is 3.50. The van der Waals surface area contributed by atoms with E-state index in [9.17, 15) is 18.4 Å². The van der Waals surface area contributed by atoms with Crippen LogP contribution in [-0.2, 0) is 4.79 Å². The van der Waals surface area contributed by atoms with Crippen LogP contribution < -0.4 is 20.1 Å². The first-order chi connectivity index (χ1) is 13.2. The number of benzene rings is 2. The lowest BCUT2D eigenvalue weighted by molar-refractivity contribution is -0.118. The molecule has 150 valence electrons. The molecular formula is C20H22F2N2O4. The lowest BCUT2D eigenvalue weighted by Crippen LogP contribution is -2.47. The Kier molecular flexibility index (Phi) is 6.92. The molecule has 2 N–H and O–H groups in total. The van der Waals surface area contributed by atoms with Gasteiger partial charge in [0.2, 0.25) is 5.91 Å². The molecule has 28 heavy (non-hydrogen) atoms. The molecular weight excluding hydrogens is 370 g/mol. The van der Waals surface area contributed by atoms with E-state index in [0.717, 1.165) is 12.1 Å². The molecule has 2 rings (SSSR count). The van der Waals surface area contributed by atoms with E-state index in [4.69, 9.17) is 9.47 Å². The zero-order chi connectivity index (χ0) is 20.8. The first-order valence-electron chi connectivity index (χ1n) is 8.55. The van der Waals surface area contributed by atoms with Crippen molar-refractivity contribution in [2.45, 2.75) is 19.9 Å². The second kappa shape index (κ2) is 9.16. The number of amides is 2. The fraction of sp³-hybridized carbons (Fsp3) is 0.300. The van der Waals surface area contributed by atoms with Crippen LogP contribution >= 0.6 is 0 Å². The highest BCUT2D eigenvalue weighted by Gasteiger charge is 2.25. The Balaban J connectivity index is 2.18. The lowest BCUT2D eigenvalue weighted by Gasteiger charge is -2.22. The van der Waals surface area contributed by atoms with Gasteiger partial charge in [-0.25, -0.2) is 8.78 Å². The van der Waals surface area contributed by atoms with Crippen LogP contribution in [0.2, 0.25) is 0 Å². The van der Waals surface area contributed by atoms with Crippen molar-refractivity contribution in [2.75, 3.05) is 19.5 Å². The van der Waals surface area contributed by atoms with Gasteiger partial charge in [0.1, 0.15) is 17.5 Å². The number of methoxy groups -OCH3 is 2. The zero-order valence-corrected chi connectivity index (χ0v) is 16.0. The Labute approximate surface area is 161 Å². The summed E-state index contributed by atoms with van der Waals surface area (Å²) in [5, 5.41) is 5.14. The lowest BCUT2D eigenvalue weighted by atomic mass is 10.0. The predicted octanol–water partition coefficient (Wildman–Crippen LogP) is 3.38. The number of nitrogens with one attached hydrogen (secondary N) is 2.